The lowest BCUT2D eigenvalue weighted by molar-refractivity contribution is -0.153. The molecule has 0 atom stereocenters. The number of amides is 2. The topological polar surface area (TPSA) is 62.3 Å². The van der Waals surface area contributed by atoms with Crippen LogP contribution in [-0.2, 0) is 16.1 Å². The number of rotatable bonds is 2. The lowest BCUT2D eigenvalue weighted by Gasteiger charge is -2.36. The number of imide groups is 1. The van der Waals surface area contributed by atoms with Gasteiger partial charge >= 0.3 is 0 Å². The zero-order valence-corrected chi connectivity index (χ0v) is 9.93. The van der Waals surface area contributed by atoms with Crippen LogP contribution in [0.4, 0.5) is 0 Å². The molecule has 2 heterocycles. The highest BCUT2D eigenvalue weighted by Gasteiger charge is 2.39. The third-order valence-corrected chi connectivity index (χ3v) is 2.85. The maximum absolute atomic E-state index is 12.1. The van der Waals surface area contributed by atoms with Crippen molar-refractivity contribution < 1.29 is 9.59 Å². The van der Waals surface area contributed by atoms with Crippen LogP contribution in [0.25, 0.3) is 0 Å². The van der Waals surface area contributed by atoms with Gasteiger partial charge in [-0.25, -0.2) is 0 Å². The predicted octanol–water partition coefficient (Wildman–Crippen LogP) is 0.319. The van der Waals surface area contributed by atoms with Gasteiger partial charge in [0.1, 0.15) is 0 Å². The summed E-state index contributed by atoms with van der Waals surface area (Å²) < 4.78 is 0. The van der Waals surface area contributed by atoms with Crippen LogP contribution in [0, 0.1) is 0 Å². The van der Waals surface area contributed by atoms with Crippen LogP contribution in [-0.4, -0.2) is 33.8 Å². The van der Waals surface area contributed by atoms with Gasteiger partial charge in [-0.3, -0.25) is 24.8 Å². The standard InChI is InChI=1S/C12H15N3O2/c1-12(2)11(17)15(10(16)7-14-12)8-9-3-5-13-6-4-9/h3-6,14H,7-8H2,1-2H3. The molecule has 0 saturated carbocycles. The third kappa shape index (κ3) is 2.34. The van der Waals surface area contributed by atoms with E-state index in [9.17, 15) is 9.59 Å². The Bertz CT molecular complexity index is 442. The van der Waals surface area contributed by atoms with E-state index < -0.39 is 5.54 Å². The van der Waals surface area contributed by atoms with Crippen molar-refractivity contribution in [1.29, 1.82) is 0 Å². The number of aromatic nitrogens is 1. The van der Waals surface area contributed by atoms with Crippen molar-refractivity contribution in [3.05, 3.63) is 30.1 Å². The van der Waals surface area contributed by atoms with Gasteiger partial charge in [-0.2, -0.15) is 0 Å². The minimum atomic E-state index is -0.680. The first-order chi connectivity index (χ1) is 8.00. The number of pyridine rings is 1. The van der Waals surface area contributed by atoms with Crippen LogP contribution in [0.1, 0.15) is 19.4 Å². The van der Waals surface area contributed by atoms with E-state index in [1.165, 1.54) is 4.90 Å². The number of nitrogens with one attached hydrogen (secondary N) is 1. The van der Waals surface area contributed by atoms with Gasteiger partial charge in [-0.15, -0.1) is 0 Å². The third-order valence-electron chi connectivity index (χ3n) is 2.85. The van der Waals surface area contributed by atoms with Crippen LogP contribution in [0.5, 0.6) is 0 Å². The van der Waals surface area contributed by atoms with Gasteiger partial charge in [-0.05, 0) is 31.5 Å². The summed E-state index contributed by atoms with van der Waals surface area (Å²) in [5, 5.41) is 2.92. The fraction of sp³-hybridized carbons (Fsp3) is 0.417. The number of nitrogens with zero attached hydrogens (tertiary/aromatic N) is 2. The highest BCUT2D eigenvalue weighted by Crippen LogP contribution is 2.15. The molecular weight excluding hydrogens is 218 g/mol. The quantitative estimate of drug-likeness (QED) is 0.747. The van der Waals surface area contributed by atoms with Gasteiger partial charge < -0.3 is 0 Å². The maximum Gasteiger partial charge on any atom is 0.249 e. The van der Waals surface area contributed by atoms with Crippen LogP contribution in [0.2, 0.25) is 0 Å². The predicted molar refractivity (Wildman–Crippen MR) is 61.9 cm³/mol. The van der Waals surface area contributed by atoms with E-state index in [-0.39, 0.29) is 18.4 Å². The second-order valence-corrected chi connectivity index (χ2v) is 4.62. The summed E-state index contributed by atoms with van der Waals surface area (Å²) in [6, 6.07) is 3.60. The number of piperazine rings is 1. The molecule has 90 valence electrons. The summed E-state index contributed by atoms with van der Waals surface area (Å²) in [6.45, 7) is 4.07. The van der Waals surface area contributed by atoms with Crippen molar-refractivity contribution >= 4 is 11.8 Å². The first kappa shape index (κ1) is 11.7. The average molecular weight is 233 g/mol. The molecule has 0 aliphatic carbocycles. The van der Waals surface area contributed by atoms with Gasteiger partial charge in [0, 0.05) is 12.4 Å². The Morgan fingerprint density at radius 1 is 1.35 bits per heavy atom. The van der Waals surface area contributed by atoms with Crippen molar-refractivity contribution in [1.82, 2.24) is 15.2 Å². The summed E-state index contributed by atoms with van der Waals surface area (Å²) in [7, 11) is 0. The molecule has 1 aromatic rings. The van der Waals surface area contributed by atoms with E-state index in [4.69, 9.17) is 0 Å². The first-order valence-electron chi connectivity index (χ1n) is 5.49. The number of hydrogen-bond donors (Lipinski definition) is 1. The average Bonchev–Trinajstić information content (AvgIpc) is 2.32. The molecule has 0 aromatic carbocycles. The molecular formula is C12H15N3O2. The molecule has 1 N–H and O–H groups in total. The Kier molecular flexibility index (Phi) is 2.93. The minimum absolute atomic E-state index is 0.189. The molecule has 0 unspecified atom stereocenters. The van der Waals surface area contributed by atoms with Gasteiger partial charge in [-0.1, -0.05) is 0 Å². The molecule has 2 amide bonds. The first-order valence-corrected chi connectivity index (χ1v) is 5.49. The van der Waals surface area contributed by atoms with E-state index in [0.717, 1.165) is 5.56 Å². The lowest BCUT2D eigenvalue weighted by Crippen LogP contribution is -2.63. The minimum Gasteiger partial charge on any atom is -0.295 e. The largest absolute Gasteiger partial charge is 0.295 e. The molecule has 0 spiro atoms. The molecule has 1 aliphatic heterocycles. The number of hydrogen-bond acceptors (Lipinski definition) is 4. The van der Waals surface area contributed by atoms with Gasteiger partial charge in [0.2, 0.25) is 11.8 Å². The molecule has 0 bridgehead atoms. The van der Waals surface area contributed by atoms with Crippen LogP contribution >= 0.6 is 0 Å². The fourth-order valence-corrected chi connectivity index (χ4v) is 1.75. The monoisotopic (exact) mass is 233 g/mol. The molecule has 1 fully saturated rings. The van der Waals surface area contributed by atoms with E-state index >= 15 is 0 Å². The van der Waals surface area contributed by atoms with Gasteiger partial charge in [0.25, 0.3) is 0 Å². The normalized spacial score (nSPS) is 19.5. The molecule has 1 aromatic heterocycles. The van der Waals surface area contributed by atoms with Crippen molar-refractivity contribution in [3.8, 4) is 0 Å². The Hall–Kier alpha value is -1.75. The molecule has 17 heavy (non-hydrogen) atoms. The molecule has 1 saturated heterocycles. The smallest absolute Gasteiger partial charge is 0.249 e. The van der Waals surface area contributed by atoms with E-state index in [1.54, 1.807) is 38.4 Å². The SMILES string of the molecule is CC1(C)NCC(=O)N(Cc2ccncc2)C1=O. The van der Waals surface area contributed by atoms with Crippen molar-refractivity contribution in [2.45, 2.75) is 25.9 Å². The Labute approximate surface area is 99.8 Å². The summed E-state index contributed by atoms with van der Waals surface area (Å²) in [6.07, 6.45) is 3.30. The second-order valence-electron chi connectivity index (χ2n) is 4.62. The fourth-order valence-electron chi connectivity index (χ4n) is 1.75. The molecule has 1 aliphatic rings. The molecule has 5 heteroatoms. The highest BCUT2D eigenvalue weighted by molar-refractivity contribution is 6.02. The molecule has 5 nitrogen and oxygen atoms in total. The number of carbonyl (C=O) groups is 2. The Morgan fingerprint density at radius 3 is 2.65 bits per heavy atom. The Morgan fingerprint density at radius 2 is 2.00 bits per heavy atom. The van der Waals surface area contributed by atoms with Gasteiger partial charge in [0.15, 0.2) is 0 Å². The second kappa shape index (κ2) is 4.25. The van der Waals surface area contributed by atoms with Gasteiger partial charge in [0.05, 0.1) is 18.6 Å². The summed E-state index contributed by atoms with van der Waals surface area (Å²) in [5.41, 5.74) is 0.223. The molecule has 0 radical (unpaired) electrons. The Balaban J connectivity index is 2.19. The van der Waals surface area contributed by atoms with Crippen LogP contribution < -0.4 is 5.32 Å². The summed E-state index contributed by atoms with van der Waals surface area (Å²) in [5.74, 6) is -0.378. The molecule has 2 rings (SSSR count). The van der Waals surface area contributed by atoms with E-state index in [1.807, 2.05) is 0 Å². The highest BCUT2D eigenvalue weighted by atomic mass is 16.2. The van der Waals surface area contributed by atoms with E-state index in [0.29, 0.717) is 6.54 Å². The van der Waals surface area contributed by atoms with Crippen molar-refractivity contribution in [2.75, 3.05) is 6.54 Å². The lowest BCUT2D eigenvalue weighted by atomic mass is 10.00. The zero-order chi connectivity index (χ0) is 12.5. The van der Waals surface area contributed by atoms with Crippen LogP contribution in [0.15, 0.2) is 24.5 Å². The zero-order valence-electron chi connectivity index (χ0n) is 9.93. The summed E-state index contributed by atoms with van der Waals surface area (Å²) in [4.78, 5) is 29.0. The van der Waals surface area contributed by atoms with E-state index in [2.05, 4.69) is 10.3 Å². The number of carbonyl (C=O) groups excluding carboxylic acids is 2. The van der Waals surface area contributed by atoms with Crippen molar-refractivity contribution in [2.24, 2.45) is 0 Å². The maximum atomic E-state index is 12.1. The summed E-state index contributed by atoms with van der Waals surface area (Å²) >= 11 is 0. The van der Waals surface area contributed by atoms with Crippen LogP contribution in [0.3, 0.4) is 0 Å². The van der Waals surface area contributed by atoms with Crippen molar-refractivity contribution in [3.63, 3.8) is 0 Å².